The van der Waals surface area contributed by atoms with Crippen LogP contribution in [0.4, 0.5) is 0 Å². The second-order valence-electron chi connectivity index (χ2n) is 6.09. The fourth-order valence-electron chi connectivity index (χ4n) is 3.24. The van der Waals surface area contributed by atoms with Crippen LogP contribution in [0.15, 0.2) is 60.7 Å². The predicted octanol–water partition coefficient (Wildman–Crippen LogP) is 3.78. The average molecular weight is 280 g/mol. The van der Waals surface area contributed by atoms with Crippen LogP contribution in [-0.2, 0) is 0 Å². The maximum atomic E-state index is 3.73. The van der Waals surface area contributed by atoms with Crippen LogP contribution in [0.5, 0.6) is 0 Å². The first-order valence-corrected chi connectivity index (χ1v) is 7.84. The molecular weight excluding hydrogens is 256 g/mol. The first-order valence-electron chi connectivity index (χ1n) is 7.84. The summed E-state index contributed by atoms with van der Waals surface area (Å²) in [5.41, 5.74) is 2.79. The summed E-state index contributed by atoms with van der Waals surface area (Å²) in [5.74, 6) is 0. The Morgan fingerprint density at radius 3 is 2.05 bits per heavy atom. The molecule has 1 fully saturated rings. The minimum atomic E-state index is 0.425. The van der Waals surface area contributed by atoms with E-state index >= 15 is 0 Å². The van der Waals surface area contributed by atoms with Crippen LogP contribution in [0, 0.1) is 0 Å². The maximum absolute atomic E-state index is 3.73. The summed E-state index contributed by atoms with van der Waals surface area (Å²) < 4.78 is 0. The van der Waals surface area contributed by atoms with E-state index in [1.54, 1.807) is 0 Å². The van der Waals surface area contributed by atoms with Crippen molar-refractivity contribution >= 4 is 0 Å². The molecule has 0 spiro atoms. The van der Waals surface area contributed by atoms with Crippen LogP contribution in [-0.4, -0.2) is 24.0 Å². The Labute approximate surface area is 127 Å². The third kappa shape index (κ3) is 3.17. The fraction of sp³-hybridized carbons (Fsp3) is 0.368. The number of hydrogen-bond acceptors (Lipinski definition) is 2. The van der Waals surface area contributed by atoms with Gasteiger partial charge in [-0.25, -0.2) is 0 Å². The third-order valence-electron chi connectivity index (χ3n) is 4.40. The number of nitrogens with zero attached hydrogens (tertiary/aromatic N) is 1. The zero-order valence-corrected chi connectivity index (χ0v) is 12.9. The normalized spacial score (nSPS) is 23.4. The molecule has 2 unspecified atom stereocenters. The van der Waals surface area contributed by atoms with Crippen molar-refractivity contribution in [3.8, 4) is 0 Å². The molecule has 1 aliphatic heterocycles. The highest BCUT2D eigenvalue weighted by atomic mass is 15.2. The lowest BCUT2D eigenvalue weighted by Crippen LogP contribution is -2.50. The average Bonchev–Trinajstić information content (AvgIpc) is 2.56. The monoisotopic (exact) mass is 280 g/mol. The lowest BCUT2D eigenvalue weighted by Gasteiger charge is -2.43. The van der Waals surface area contributed by atoms with E-state index in [1.165, 1.54) is 11.1 Å². The number of nitrogens with one attached hydrogen (secondary N) is 1. The maximum Gasteiger partial charge on any atom is 0.0476 e. The van der Waals surface area contributed by atoms with Crippen LogP contribution in [0.25, 0.3) is 0 Å². The van der Waals surface area contributed by atoms with Gasteiger partial charge < -0.3 is 5.32 Å². The summed E-state index contributed by atoms with van der Waals surface area (Å²) in [6.07, 6.45) is 0. The van der Waals surface area contributed by atoms with Crippen LogP contribution in [0.3, 0.4) is 0 Å². The van der Waals surface area contributed by atoms with E-state index in [9.17, 15) is 0 Å². The van der Waals surface area contributed by atoms with Gasteiger partial charge in [-0.3, -0.25) is 4.90 Å². The van der Waals surface area contributed by atoms with Gasteiger partial charge in [0.05, 0.1) is 0 Å². The molecule has 1 saturated heterocycles. The predicted molar refractivity (Wildman–Crippen MR) is 88.2 cm³/mol. The van der Waals surface area contributed by atoms with E-state index in [0.717, 1.165) is 13.1 Å². The molecule has 0 aliphatic carbocycles. The molecule has 110 valence electrons. The molecule has 2 atom stereocenters. The van der Waals surface area contributed by atoms with Crippen molar-refractivity contribution in [2.45, 2.75) is 32.0 Å². The van der Waals surface area contributed by atoms with Crippen LogP contribution >= 0.6 is 0 Å². The Morgan fingerprint density at radius 2 is 1.48 bits per heavy atom. The van der Waals surface area contributed by atoms with E-state index in [-0.39, 0.29) is 0 Å². The lowest BCUT2D eigenvalue weighted by atomic mass is 9.96. The standard InChI is InChI=1S/C19H24N2/c1-15(2)21-14-18(16-9-5-3-6-10-16)20-13-19(21)17-11-7-4-8-12-17/h3-12,15,18-20H,13-14H2,1-2H3. The number of piperazine rings is 1. The molecule has 0 aromatic heterocycles. The summed E-state index contributed by atoms with van der Waals surface area (Å²) in [7, 11) is 0. The van der Waals surface area contributed by atoms with Crippen molar-refractivity contribution < 1.29 is 0 Å². The van der Waals surface area contributed by atoms with Gasteiger partial charge in [0.25, 0.3) is 0 Å². The number of benzene rings is 2. The van der Waals surface area contributed by atoms with E-state index in [0.29, 0.717) is 18.1 Å². The molecule has 1 aliphatic rings. The largest absolute Gasteiger partial charge is 0.307 e. The van der Waals surface area contributed by atoms with Crippen molar-refractivity contribution in [1.82, 2.24) is 10.2 Å². The number of hydrogen-bond donors (Lipinski definition) is 1. The second kappa shape index (κ2) is 6.42. The van der Waals surface area contributed by atoms with Crippen LogP contribution < -0.4 is 5.32 Å². The molecule has 2 nitrogen and oxygen atoms in total. The van der Waals surface area contributed by atoms with Gasteiger partial charge in [-0.2, -0.15) is 0 Å². The molecule has 2 heteroatoms. The van der Waals surface area contributed by atoms with Crippen molar-refractivity contribution in [1.29, 1.82) is 0 Å². The SMILES string of the molecule is CC(C)N1CC(c2ccccc2)NCC1c1ccccc1. The van der Waals surface area contributed by atoms with Gasteiger partial charge in [0.1, 0.15) is 0 Å². The first kappa shape index (κ1) is 14.3. The molecule has 0 amide bonds. The summed E-state index contributed by atoms with van der Waals surface area (Å²) >= 11 is 0. The molecule has 1 heterocycles. The van der Waals surface area contributed by atoms with Gasteiger partial charge in [-0.15, -0.1) is 0 Å². The molecule has 1 N–H and O–H groups in total. The van der Waals surface area contributed by atoms with Gasteiger partial charge in [-0.1, -0.05) is 60.7 Å². The van der Waals surface area contributed by atoms with Crippen molar-refractivity contribution in [3.05, 3.63) is 71.8 Å². The molecule has 0 bridgehead atoms. The van der Waals surface area contributed by atoms with Gasteiger partial charge in [0.15, 0.2) is 0 Å². The molecule has 21 heavy (non-hydrogen) atoms. The Morgan fingerprint density at radius 1 is 0.905 bits per heavy atom. The zero-order valence-electron chi connectivity index (χ0n) is 12.9. The third-order valence-corrected chi connectivity index (χ3v) is 4.40. The summed E-state index contributed by atoms with van der Waals surface area (Å²) in [6.45, 7) is 6.65. The highest BCUT2D eigenvalue weighted by Gasteiger charge is 2.30. The van der Waals surface area contributed by atoms with Gasteiger partial charge in [0, 0.05) is 31.2 Å². The fourth-order valence-corrected chi connectivity index (χ4v) is 3.24. The number of rotatable bonds is 3. The molecule has 0 radical (unpaired) electrons. The Bertz CT molecular complexity index is 550. The van der Waals surface area contributed by atoms with Crippen LogP contribution in [0.2, 0.25) is 0 Å². The lowest BCUT2D eigenvalue weighted by molar-refractivity contribution is 0.0965. The Kier molecular flexibility index (Phi) is 4.37. The minimum Gasteiger partial charge on any atom is -0.307 e. The summed E-state index contributed by atoms with van der Waals surface area (Å²) in [5, 5.41) is 3.73. The highest BCUT2D eigenvalue weighted by molar-refractivity contribution is 5.24. The van der Waals surface area contributed by atoms with Gasteiger partial charge in [-0.05, 0) is 25.0 Å². The van der Waals surface area contributed by atoms with Crippen molar-refractivity contribution in [3.63, 3.8) is 0 Å². The molecule has 2 aromatic rings. The van der Waals surface area contributed by atoms with Gasteiger partial charge >= 0.3 is 0 Å². The molecular formula is C19H24N2. The quantitative estimate of drug-likeness (QED) is 0.920. The smallest absolute Gasteiger partial charge is 0.0476 e. The zero-order chi connectivity index (χ0) is 14.7. The molecule has 3 rings (SSSR count). The highest BCUT2D eigenvalue weighted by Crippen LogP contribution is 2.30. The van der Waals surface area contributed by atoms with E-state index < -0.39 is 0 Å². The molecule has 2 aromatic carbocycles. The van der Waals surface area contributed by atoms with Crippen molar-refractivity contribution in [2.24, 2.45) is 0 Å². The minimum absolute atomic E-state index is 0.425. The second-order valence-corrected chi connectivity index (χ2v) is 6.09. The molecule has 0 saturated carbocycles. The van der Waals surface area contributed by atoms with E-state index in [4.69, 9.17) is 0 Å². The Hall–Kier alpha value is -1.64. The Balaban J connectivity index is 1.81. The van der Waals surface area contributed by atoms with Crippen molar-refractivity contribution in [2.75, 3.05) is 13.1 Å². The van der Waals surface area contributed by atoms with E-state index in [1.807, 2.05) is 0 Å². The summed E-state index contributed by atoms with van der Waals surface area (Å²) in [4.78, 5) is 2.61. The topological polar surface area (TPSA) is 15.3 Å². The first-order chi connectivity index (χ1) is 10.3. The van der Waals surface area contributed by atoms with E-state index in [2.05, 4.69) is 84.7 Å². The van der Waals surface area contributed by atoms with Gasteiger partial charge in [0.2, 0.25) is 0 Å². The summed E-state index contributed by atoms with van der Waals surface area (Å²) in [6, 6.07) is 23.1. The van der Waals surface area contributed by atoms with Crippen LogP contribution in [0.1, 0.15) is 37.1 Å².